The van der Waals surface area contributed by atoms with Crippen molar-refractivity contribution in [1.29, 1.82) is 0 Å². The maximum absolute atomic E-state index is 12.3. The highest BCUT2D eigenvalue weighted by molar-refractivity contribution is 7.90. The quantitative estimate of drug-likeness (QED) is 0.906. The van der Waals surface area contributed by atoms with Crippen molar-refractivity contribution in [2.75, 3.05) is 0 Å². The van der Waals surface area contributed by atoms with E-state index in [4.69, 9.17) is 9.63 Å². The Hall–Kier alpha value is -2.22. The molecule has 0 aliphatic heterocycles. The molecular weight excluding hydrogens is 284 g/mol. The van der Waals surface area contributed by atoms with Gasteiger partial charge in [-0.3, -0.25) is 0 Å². The summed E-state index contributed by atoms with van der Waals surface area (Å²) in [5.41, 5.74) is 0.377. The number of aromatic nitrogens is 2. The Morgan fingerprint density at radius 1 is 1.35 bits per heavy atom. The zero-order valence-electron chi connectivity index (χ0n) is 10.8. The smallest absolute Gasteiger partial charge is 0.335 e. The number of aryl methyl sites for hydroxylation is 2. The molecule has 2 rings (SSSR count). The van der Waals surface area contributed by atoms with Crippen LogP contribution in [0.25, 0.3) is 0 Å². The number of rotatable bonds is 4. The van der Waals surface area contributed by atoms with Gasteiger partial charge in [0.25, 0.3) is 0 Å². The number of carboxylic acid groups (broad SMARTS) is 1. The maximum atomic E-state index is 12.3. The second-order valence-corrected chi connectivity index (χ2v) is 6.24. The average molecular weight is 296 g/mol. The number of sulfone groups is 1. The summed E-state index contributed by atoms with van der Waals surface area (Å²) in [4.78, 5) is 14.7. The van der Waals surface area contributed by atoms with Crippen LogP contribution in [-0.4, -0.2) is 29.6 Å². The molecule has 0 saturated carbocycles. The Balaban J connectivity index is 2.43. The third kappa shape index (κ3) is 2.85. The molecule has 20 heavy (non-hydrogen) atoms. The van der Waals surface area contributed by atoms with E-state index in [2.05, 4.69) is 10.1 Å². The number of carbonyl (C=O) groups is 1. The Kier molecular flexibility index (Phi) is 3.58. The van der Waals surface area contributed by atoms with Gasteiger partial charge in [0.05, 0.1) is 10.5 Å². The standard InChI is InChI=1S/C12H12N2O5S/c1-7-3-4-9(12(15)16)5-10(7)20(17,18)6-11-13-8(2)14-19-11/h3-5H,6H2,1-2H3,(H,15,16). The molecular formula is C12H12N2O5S. The molecule has 2 aromatic rings. The van der Waals surface area contributed by atoms with Crippen molar-refractivity contribution in [3.8, 4) is 0 Å². The second-order valence-electron chi connectivity index (χ2n) is 4.28. The van der Waals surface area contributed by atoms with Crippen molar-refractivity contribution in [2.45, 2.75) is 24.5 Å². The first kappa shape index (κ1) is 14.2. The number of hydrogen-bond donors (Lipinski definition) is 1. The third-order valence-corrected chi connectivity index (χ3v) is 4.39. The highest BCUT2D eigenvalue weighted by Gasteiger charge is 2.22. The predicted octanol–water partition coefficient (Wildman–Crippen LogP) is 1.36. The van der Waals surface area contributed by atoms with Gasteiger partial charge >= 0.3 is 5.97 Å². The molecule has 0 radical (unpaired) electrons. The molecule has 7 nitrogen and oxygen atoms in total. The zero-order valence-corrected chi connectivity index (χ0v) is 11.6. The minimum atomic E-state index is -3.75. The molecule has 0 unspecified atom stereocenters. The number of carboxylic acids is 1. The lowest BCUT2D eigenvalue weighted by molar-refractivity contribution is 0.0696. The lowest BCUT2D eigenvalue weighted by atomic mass is 10.1. The highest BCUT2D eigenvalue weighted by Crippen LogP contribution is 2.21. The van der Waals surface area contributed by atoms with Gasteiger partial charge in [-0.05, 0) is 31.5 Å². The van der Waals surface area contributed by atoms with Gasteiger partial charge in [-0.2, -0.15) is 4.98 Å². The fourth-order valence-corrected chi connectivity index (χ4v) is 3.17. The summed E-state index contributed by atoms with van der Waals surface area (Å²) in [5.74, 6) is -1.33. The van der Waals surface area contributed by atoms with Crippen LogP contribution in [0.3, 0.4) is 0 Å². The fourth-order valence-electron chi connectivity index (χ4n) is 1.71. The lowest BCUT2D eigenvalue weighted by Gasteiger charge is -2.06. The molecule has 0 amide bonds. The van der Waals surface area contributed by atoms with E-state index in [0.29, 0.717) is 11.4 Å². The van der Waals surface area contributed by atoms with E-state index in [-0.39, 0.29) is 16.3 Å². The van der Waals surface area contributed by atoms with Crippen LogP contribution in [0.4, 0.5) is 0 Å². The highest BCUT2D eigenvalue weighted by atomic mass is 32.2. The van der Waals surface area contributed by atoms with Crippen molar-refractivity contribution in [2.24, 2.45) is 0 Å². The monoisotopic (exact) mass is 296 g/mol. The summed E-state index contributed by atoms with van der Waals surface area (Å²) >= 11 is 0. The van der Waals surface area contributed by atoms with Crippen molar-refractivity contribution in [3.63, 3.8) is 0 Å². The summed E-state index contributed by atoms with van der Waals surface area (Å²) in [5, 5.41) is 12.4. The molecule has 0 saturated heterocycles. The van der Waals surface area contributed by atoms with Crippen molar-refractivity contribution in [3.05, 3.63) is 41.0 Å². The van der Waals surface area contributed by atoms with Crippen LogP contribution in [0.5, 0.6) is 0 Å². The average Bonchev–Trinajstić information content (AvgIpc) is 2.73. The molecule has 0 aliphatic carbocycles. The summed E-state index contributed by atoms with van der Waals surface area (Å²) < 4.78 is 29.4. The fraction of sp³-hybridized carbons (Fsp3) is 0.250. The zero-order chi connectivity index (χ0) is 14.9. The van der Waals surface area contributed by atoms with E-state index in [1.54, 1.807) is 13.8 Å². The first-order valence-corrected chi connectivity index (χ1v) is 7.31. The predicted molar refractivity (Wildman–Crippen MR) is 68.1 cm³/mol. The molecule has 0 atom stereocenters. The van der Waals surface area contributed by atoms with E-state index in [0.717, 1.165) is 6.07 Å². The van der Waals surface area contributed by atoms with Gasteiger partial charge < -0.3 is 9.63 Å². The van der Waals surface area contributed by atoms with Gasteiger partial charge in [0.1, 0.15) is 5.75 Å². The topological polar surface area (TPSA) is 110 Å². The molecule has 0 aliphatic rings. The molecule has 0 bridgehead atoms. The first-order valence-electron chi connectivity index (χ1n) is 5.65. The van der Waals surface area contributed by atoms with Crippen LogP contribution in [0.15, 0.2) is 27.6 Å². The lowest BCUT2D eigenvalue weighted by Crippen LogP contribution is -2.09. The molecule has 0 fully saturated rings. The van der Waals surface area contributed by atoms with Crippen LogP contribution in [0.2, 0.25) is 0 Å². The second kappa shape index (κ2) is 5.04. The van der Waals surface area contributed by atoms with Crippen molar-refractivity contribution >= 4 is 15.8 Å². The van der Waals surface area contributed by atoms with E-state index < -0.39 is 21.6 Å². The minimum Gasteiger partial charge on any atom is -0.478 e. The first-order chi connectivity index (χ1) is 9.29. The van der Waals surface area contributed by atoms with Crippen molar-refractivity contribution in [1.82, 2.24) is 10.1 Å². The van der Waals surface area contributed by atoms with Gasteiger partial charge in [0, 0.05) is 0 Å². The summed E-state index contributed by atoms with van der Waals surface area (Å²) in [6, 6.07) is 3.94. The SMILES string of the molecule is Cc1noc(CS(=O)(=O)c2cc(C(=O)O)ccc2C)n1. The van der Waals surface area contributed by atoms with Gasteiger partial charge in [-0.1, -0.05) is 11.2 Å². The number of aromatic carboxylic acids is 1. The van der Waals surface area contributed by atoms with Crippen LogP contribution in [-0.2, 0) is 15.6 Å². The molecule has 1 heterocycles. The van der Waals surface area contributed by atoms with Gasteiger partial charge in [0.2, 0.25) is 5.89 Å². The molecule has 0 spiro atoms. The Morgan fingerprint density at radius 3 is 2.60 bits per heavy atom. The van der Waals surface area contributed by atoms with E-state index in [9.17, 15) is 13.2 Å². The summed E-state index contributed by atoms with van der Waals surface area (Å²) in [7, 11) is -3.75. The van der Waals surface area contributed by atoms with Gasteiger partial charge in [-0.25, -0.2) is 13.2 Å². The molecule has 8 heteroatoms. The van der Waals surface area contributed by atoms with Crippen LogP contribution >= 0.6 is 0 Å². The normalized spacial score (nSPS) is 11.5. The largest absolute Gasteiger partial charge is 0.478 e. The summed E-state index contributed by atoms with van der Waals surface area (Å²) in [6.07, 6.45) is 0. The van der Waals surface area contributed by atoms with Gasteiger partial charge in [-0.15, -0.1) is 0 Å². The summed E-state index contributed by atoms with van der Waals surface area (Å²) in [6.45, 7) is 3.17. The molecule has 1 N–H and O–H groups in total. The van der Waals surface area contributed by atoms with Crippen molar-refractivity contribution < 1.29 is 22.8 Å². The van der Waals surface area contributed by atoms with Crippen LogP contribution in [0, 0.1) is 13.8 Å². The van der Waals surface area contributed by atoms with Gasteiger partial charge in [0.15, 0.2) is 15.7 Å². The Labute approximate surface area is 115 Å². The Bertz CT molecular complexity index is 764. The molecule has 106 valence electrons. The van der Waals surface area contributed by atoms with Crippen LogP contribution in [0.1, 0.15) is 27.6 Å². The maximum Gasteiger partial charge on any atom is 0.335 e. The van der Waals surface area contributed by atoms with E-state index in [1.807, 2.05) is 0 Å². The molecule has 1 aromatic carbocycles. The number of hydrogen-bond acceptors (Lipinski definition) is 6. The van der Waals surface area contributed by atoms with E-state index in [1.165, 1.54) is 12.1 Å². The molecule has 1 aromatic heterocycles. The Morgan fingerprint density at radius 2 is 2.05 bits per heavy atom. The number of benzene rings is 1. The number of nitrogens with zero attached hydrogens (tertiary/aromatic N) is 2. The minimum absolute atomic E-state index is 0.0253. The van der Waals surface area contributed by atoms with Crippen LogP contribution < -0.4 is 0 Å². The third-order valence-electron chi connectivity index (χ3n) is 2.65. The van der Waals surface area contributed by atoms with E-state index >= 15 is 0 Å².